The van der Waals surface area contributed by atoms with Crippen LogP contribution in [0.5, 0.6) is 5.75 Å². The second-order valence-corrected chi connectivity index (χ2v) is 11.2. The van der Waals surface area contributed by atoms with Crippen LogP contribution in [0.4, 0.5) is 11.4 Å². The maximum absolute atomic E-state index is 13.2. The topological polar surface area (TPSA) is 87.1 Å². The minimum atomic E-state index is -0.261. The fourth-order valence-corrected chi connectivity index (χ4v) is 6.20. The number of benzene rings is 1. The predicted octanol–water partition coefficient (Wildman–Crippen LogP) is 4.01. The van der Waals surface area contributed by atoms with E-state index in [4.69, 9.17) is 37.0 Å². The van der Waals surface area contributed by atoms with Gasteiger partial charge >= 0.3 is 0 Å². The molecule has 1 aromatic carbocycles. The second kappa shape index (κ2) is 13.7. The average Bonchev–Trinajstić information content (AvgIpc) is 3.01. The van der Waals surface area contributed by atoms with E-state index in [1.54, 1.807) is 18.0 Å². The van der Waals surface area contributed by atoms with Gasteiger partial charge in [0.25, 0.3) is 5.56 Å². The van der Waals surface area contributed by atoms with E-state index in [9.17, 15) is 4.79 Å². The molecule has 0 spiro atoms. The monoisotopic (exact) mass is 570 g/mol. The van der Waals surface area contributed by atoms with E-state index < -0.39 is 0 Å². The van der Waals surface area contributed by atoms with Gasteiger partial charge in [0.2, 0.25) is 0 Å². The van der Waals surface area contributed by atoms with Crippen molar-refractivity contribution in [2.45, 2.75) is 50.3 Å². The Kier molecular flexibility index (Phi) is 9.87. The van der Waals surface area contributed by atoms with Crippen molar-refractivity contribution >= 4 is 23.0 Å². The lowest BCUT2D eigenvalue weighted by Crippen LogP contribution is -2.46. The van der Waals surface area contributed by atoms with Gasteiger partial charge in [-0.2, -0.15) is 5.10 Å². The van der Waals surface area contributed by atoms with Crippen molar-refractivity contribution in [1.29, 1.82) is 0 Å². The molecule has 2 aliphatic heterocycles. The molecule has 2 saturated heterocycles. The van der Waals surface area contributed by atoms with Crippen molar-refractivity contribution in [2.75, 3.05) is 63.5 Å². The minimum Gasteiger partial charge on any atom is -0.497 e. The van der Waals surface area contributed by atoms with Gasteiger partial charge in [-0.15, -0.1) is 12.3 Å². The maximum atomic E-state index is 13.2. The van der Waals surface area contributed by atoms with Crippen LogP contribution in [0.2, 0.25) is 5.02 Å². The quantitative estimate of drug-likeness (QED) is 0.453. The SMILES string of the molecule is C#C[C@@H]1CCOC[C@H]1CNc1cnn(C2CCC(N(C[C@@H]3COCCO3)c3ccc(OC)cc3)CC2)c(=O)c1Cl. The summed E-state index contributed by atoms with van der Waals surface area (Å²) in [6, 6.07) is 8.47. The molecule has 40 heavy (non-hydrogen) atoms. The summed E-state index contributed by atoms with van der Waals surface area (Å²) in [6.45, 7) is 4.47. The lowest BCUT2D eigenvalue weighted by atomic mass is 9.89. The Morgan fingerprint density at radius 1 is 1.12 bits per heavy atom. The van der Waals surface area contributed by atoms with E-state index in [2.05, 4.69) is 33.4 Å². The molecule has 216 valence electrons. The van der Waals surface area contributed by atoms with Crippen LogP contribution in [0.15, 0.2) is 35.3 Å². The summed E-state index contributed by atoms with van der Waals surface area (Å²) >= 11 is 6.55. The number of methoxy groups -OCH3 is 1. The number of anilines is 2. The zero-order valence-electron chi connectivity index (χ0n) is 23.1. The molecule has 3 heterocycles. The zero-order valence-corrected chi connectivity index (χ0v) is 23.9. The lowest BCUT2D eigenvalue weighted by molar-refractivity contribution is -0.0847. The van der Waals surface area contributed by atoms with Crippen molar-refractivity contribution in [2.24, 2.45) is 11.8 Å². The molecular weight excluding hydrogens is 532 g/mol. The Hall–Kier alpha value is -2.77. The Labute approximate surface area is 241 Å². The van der Waals surface area contributed by atoms with Crippen LogP contribution in [0.1, 0.15) is 38.1 Å². The van der Waals surface area contributed by atoms with Crippen LogP contribution in [0.25, 0.3) is 0 Å². The molecule has 3 aliphatic rings. The molecule has 0 radical (unpaired) electrons. The summed E-state index contributed by atoms with van der Waals surface area (Å²) in [4.78, 5) is 15.7. The second-order valence-electron chi connectivity index (χ2n) is 10.8. The summed E-state index contributed by atoms with van der Waals surface area (Å²) in [7, 11) is 1.67. The molecule has 3 fully saturated rings. The summed E-state index contributed by atoms with van der Waals surface area (Å²) in [5, 5.41) is 7.98. The van der Waals surface area contributed by atoms with Crippen molar-refractivity contribution in [3.63, 3.8) is 0 Å². The highest BCUT2D eigenvalue weighted by molar-refractivity contribution is 6.32. The van der Waals surface area contributed by atoms with Gasteiger partial charge < -0.3 is 29.2 Å². The van der Waals surface area contributed by atoms with Gasteiger partial charge in [-0.3, -0.25) is 4.79 Å². The first-order valence-corrected chi connectivity index (χ1v) is 14.6. The molecular formula is C30H39ClN4O5. The smallest absolute Gasteiger partial charge is 0.287 e. The molecule has 1 aromatic heterocycles. The van der Waals surface area contributed by atoms with Crippen LogP contribution >= 0.6 is 11.6 Å². The van der Waals surface area contributed by atoms with Gasteiger partial charge in [-0.05, 0) is 56.4 Å². The maximum Gasteiger partial charge on any atom is 0.287 e. The molecule has 3 atom stereocenters. The van der Waals surface area contributed by atoms with Gasteiger partial charge in [0.05, 0.1) is 57.6 Å². The van der Waals surface area contributed by atoms with Crippen LogP contribution in [-0.4, -0.2) is 75.2 Å². The minimum absolute atomic E-state index is 0.000142. The Bertz CT molecular complexity index is 1200. The Morgan fingerprint density at radius 3 is 2.60 bits per heavy atom. The van der Waals surface area contributed by atoms with Crippen LogP contribution in [0.3, 0.4) is 0 Å². The highest BCUT2D eigenvalue weighted by atomic mass is 35.5. The third-order valence-electron chi connectivity index (χ3n) is 8.33. The number of nitrogens with zero attached hydrogens (tertiary/aromatic N) is 3. The van der Waals surface area contributed by atoms with Crippen molar-refractivity contribution < 1.29 is 18.9 Å². The van der Waals surface area contributed by atoms with Crippen LogP contribution < -0.4 is 20.5 Å². The molecule has 2 aromatic rings. The first-order valence-electron chi connectivity index (χ1n) is 14.2. The fraction of sp³-hybridized carbons (Fsp3) is 0.600. The van der Waals surface area contributed by atoms with Gasteiger partial charge in [0, 0.05) is 43.3 Å². The Balaban J connectivity index is 1.23. The molecule has 1 aliphatic carbocycles. The van der Waals surface area contributed by atoms with E-state index in [0.29, 0.717) is 51.3 Å². The molecule has 1 N–H and O–H groups in total. The summed E-state index contributed by atoms with van der Waals surface area (Å²) in [5.41, 5.74) is 1.41. The van der Waals surface area contributed by atoms with Gasteiger partial charge in [-0.25, -0.2) is 4.68 Å². The largest absolute Gasteiger partial charge is 0.497 e. The number of hydrogen-bond donors (Lipinski definition) is 1. The third-order valence-corrected chi connectivity index (χ3v) is 8.69. The van der Waals surface area contributed by atoms with Gasteiger partial charge in [0.1, 0.15) is 10.8 Å². The number of hydrogen-bond acceptors (Lipinski definition) is 8. The average molecular weight is 571 g/mol. The zero-order chi connectivity index (χ0) is 27.9. The number of terminal acetylenes is 1. The summed E-state index contributed by atoms with van der Waals surface area (Å²) in [5.74, 6) is 4.01. The van der Waals surface area contributed by atoms with Crippen molar-refractivity contribution in [3.8, 4) is 18.1 Å². The van der Waals surface area contributed by atoms with E-state index in [1.165, 1.54) is 0 Å². The number of rotatable bonds is 9. The van der Waals surface area contributed by atoms with Crippen molar-refractivity contribution in [1.82, 2.24) is 9.78 Å². The van der Waals surface area contributed by atoms with E-state index in [1.807, 2.05) is 12.1 Å². The highest BCUT2D eigenvalue weighted by Gasteiger charge is 2.31. The molecule has 10 heteroatoms. The molecule has 0 unspecified atom stereocenters. The third kappa shape index (κ3) is 6.74. The van der Waals surface area contributed by atoms with Gasteiger partial charge in [-0.1, -0.05) is 11.6 Å². The predicted molar refractivity (Wildman–Crippen MR) is 155 cm³/mol. The Morgan fingerprint density at radius 2 is 1.90 bits per heavy atom. The normalized spacial score (nSPS) is 27.0. The first-order chi connectivity index (χ1) is 19.6. The first kappa shape index (κ1) is 28.7. The van der Waals surface area contributed by atoms with Crippen LogP contribution in [-0.2, 0) is 14.2 Å². The van der Waals surface area contributed by atoms with E-state index in [0.717, 1.165) is 50.1 Å². The lowest BCUT2D eigenvalue weighted by Gasteiger charge is -2.40. The molecule has 5 rings (SSSR count). The van der Waals surface area contributed by atoms with Crippen LogP contribution in [0, 0.1) is 24.2 Å². The molecule has 0 amide bonds. The fourth-order valence-electron chi connectivity index (χ4n) is 6.00. The van der Waals surface area contributed by atoms with Gasteiger partial charge in [0.15, 0.2) is 0 Å². The van der Waals surface area contributed by atoms with E-state index >= 15 is 0 Å². The highest BCUT2D eigenvalue weighted by Crippen LogP contribution is 2.34. The molecule has 0 bridgehead atoms. The molecule has 1 saturated carbocycles. The number of aromatic nitrogens is 2. The number of halogens is 1. The summed E-state index contributed by atoms with van der Waals surface area (Å²) in [6.07, 6.45) is 11.7. The number of nitrogens with one attached hydrogen (secondary N) is 1. The van der Waals surface area contributed by atoms with Crippen molar-refractivity contribution in [3.05, 3.63) is 45.8 Å². The standard InChI is InChI=1S/C30H39ClN4O5/c1-3-21-12-13-38-19-22(21)16-32-28-17-33-35(30(36)29(28)31)25-6-4-23(5-7-25)34(18-27-20-39-14-15-40-27)24-8-10-26(37-2)11-9-24/h1,8-11,17,21-23,25,27,32H,4-7,12-16,18-20H2,2H3/t21-,22-,23?,25?,27-/m1/s1. The summed E-state index contributed by atoms with van der Waals surface area (Å²) < 4.78 is 24.2. The molecule has 9 nitrogen and oxygen atoms in total. The number of ether oxygens (including phenoxy) is 4. The van der Waals surface area contributed by atoms with E-state index in [-0.39, 0.29) is 34.6 Å².